The van der Waals surface area contributed by atoms with Gasteiger partial charge in [0, 0.05) is 6.42 Å². The highest BCUT2D eigenvalue weighted by Crippen LogP contribution is 2.18. The summed E-state index contributed by atoms with van der Waals surface area (Å²) in [5.74, 6) is -2.49. The fourth-order valence-electron chi connectivity index (χ4n) is 2.34. The summed E-state index contributed by atoms with van der Waals surface area (Å²) in [7, 11) is -3.16. The lowest BCUT2D eigenvalue weighted by atomic mass is 10.0. The number of carbonyl (C=O) groups excluding carboxylic acids is 1. The third-order valence-corrected chi connectivity index (χ3v) is 5.27. The molecular weight excluding hydrogens is 294 g/mol. The molecule has 1 amide bonds. The molecule has 1 heterocycles. The number of carbonyl (C=O) groups is 2. The Morgan fingerprint density at radius 2 is 1.95 bits per heavy atom. The number of rotatable bonds is 5. The summed E-state index contributed by atoms with van der Waals surface area (Å²) >= 11 is 0. The van der Waals surface area contributed by atoms with E-state index in [2.05, 4.69) is 5.32 Å². The summed E-state index contributed by atoms with van der Waals surface area (Å²) in [4.78, 5) is 23.2. The van der Waals surface area contributed by atoms with Crippen molar-refractivity contribution in [1.29, 1.82) is 0 Å². The number of hydrogen-bond acceptors (Lipinski definition) is 4. The average molecular weight is 311 g/mol. The predicted molar refractivity (Wildman–Crippen MR) is 76.5 cm³/mol. The van der Waals surface area contributed by atoms with Gasteiger partial charge in [0.15, 0.2) is 9.84 Å². The lowest BCUT2D eigenvalue weighted by molar-refractivity contribution is -0.142. The van der Waals surface area contributed by atoms with Gasteiger partial charge in [-0.25, -0.2) is 13.2 Å². The van der Waals surface area contributed by atoms with Gasteiger partial charge in [-0.15, -0.1) is 0 Å². The summed E-state index contributed by atoms with van der Waals surface area (Å²) in [6.45, 7) is 0. The van der Waals surface area contributed by atoms with Crippen molar-refractivity contribution >= 4 is 21.7 Å². The van der Waals surface area contributed by atoms with E-state index in [1.165, 1.54) is 0 Å². The van der Waals surface area contributed by atoms with Crippen molar-refractivity contribution < 1.29 is 23.1 Å². The lowest BCUT2D eigenvalue weighted by Crippen LogP contribution is -2.45. The minimum absolute atomic E-state index is 0.0124. The number of hydrogen-bond donors (Lipinski definition) is 2. The maximum atomic E-state index is 12.0. The summed E-state index contributed by atoms with van der Waals surface area (Å²) < 4.78 is 22.7. The SMILES string of the molecule is O=C(N[C@H](Cc1ccccc1)C(=O)O)[C@@H]1CCS(=O)(=O)C1. The maximum absolute atomic E-state index is 12.0. The Hall–Kier alpha value is -1.89. The highest BCUT2D eigenvalue weighted by Gasteiger charge is 2.34. The molecule has 0 aromatic heterocycles. The zero-order chi connectivity index (χ0) is 15.5. The van der Waals surface area contributed by atoms with E-state index in [1.54, 1.807) is 24.3 Å². The van der Waals surface area contributed by atoms with Crippen LogP contribution in [0.4, 0.5) is 0 Å². The molecule has 0 spiro atoms. The Morgan fingerprint density at radius 1 is 1.29 bits per heavy atom. The Morgan fingerprint density at radius 3 is 2.48 bits per heavy atom. The largest absolute Gasteiger partial charge is 0.480 e. The molecule has 6 nitrogen and oxygen atoms in total. The Bertz CT molecular complexity index is 626. The molecule has 1 saturated heterocycles. The van der Waals surface area contributed by atoms with E-state index in [0.29, 0.717) is 0 Å². The first kappa shape index (κ1) is 15.5. The van der Waals surface area contributed by atoms with Crippen molar-refractivity contribution in [2.45, 2.75) is 18.9 Å². The Kier molecular flexibility index (Phi) is 4.62. The van der Waals surface area contributed by atoms with Crippen LogP contribution in [0.3, 0.4) is 0 Å². The van der Waals surface area contributed by atoms with Crippen molar-refractivity contribution in [2.75, 3.05) is 11.5 Å². The average Bonchev–Trinajstić information content (AvgIpc) is 2.79. The zero-order valence-electron chi connectivity index (χ0n) is 11.4. The molecule has 2 N–H and O–H groups in total. The first-order valence-corrected chi connectivity index (χ1v) is 8.47. The van der Waals surface area contributed by atoms with Gasteiger partial charge in [0.1, 0.15) is 6.04 Å². The minimum Gasteiger partial charge on any atom is -0.480 e. The second-order valence-electron chi connectivity index (χ2n) is 5.19. The van der Waals surface area contributed by atoms with E-state index in [4.69, 9.17) is 0 Å². The van der Waals surface area contributed by atoms with E-state index in [9.17, 15) is 23.1 Å². The number of benzene rings is 1. The maximum Gasteiger partial charge on any atom is 0.326 e. The number of carboxylic acid groups (broad SMARTS) is 1. The second-order valence-corrected chi connectivity index (χ2v) is 7.42. The fourth-order valence-corrected chi connectivity index (χ4v) is 4.08. The molecule has 1 aromatic carbocycles. The van der Waals surface area contributed by atoms with Crippen molar-refractivity contribution in [3.05, 3.63) is 35.9 Å². The van der Waals surface area contributed by atoms with E-state index in [0.717, 1.165) is 5.56 Å². The number of sulfone groups is 1. The number of amides is 1. The third-order valence-electron chi connectivity index (χ3n) is 3.50. The zero-order valence-corrected chi connectivity index (χ0v) is 12.2. The molecule has 1 fully saturated rings. The predicted octanol–water partition coefficient (Wildman–Crippen LogP) is 0.233. The van der Waals surface area contributed by atoms with Gasteiger partial charge in [-0.05, 0) is 12.0 Å². The molecule has 2 atom stereocenters. The second kappa shape index (κ2) is 6.26. The van der Waals surface area contributed by atoms with Crippen molar-refractivity contribution in [3.63, 3.8) is 0 Å². The van der Waals surface area contributed by atoms with Crippen LogP contribution in [0.15, 0.2) is 30.3 Å². The van der Waals surface area contributed by atoms with Gasteiger partial charge in [0.25, 0.3) is 0 Å². The van der Waals surface area contributed by atoms with Gasteiger partial charge < -0.3 is 10.4 Å². The molecule has 7 heteroatoms. The van der Waals surface area contributed by atoms with E-state index < -0.39 is 33.7 Å². The minimum atomic E-state index is -3.16. The smallest absolute Gasteiger partial charge is 0.326 e. The molecule has 0 radical (unpaired) electrons. The lowest BCUT2D eigenvalue weighted by Gasteiger charge is -2.17. The molecule has 2 rings (SSSR count). The van der Waals surface area contributed by atoms with Gasteiger partial charge in [0.2, 0.25) is 5.91 Å². The van der Waals surface area contributed by atoms with Crippen molar-refractivity contribution in [3.8, 4) is 0 Å². The van der Waals surface area contributed by atoms with E-state index in [1.807, 2.05) is 6.07 Å². The highest BCUT2D eigenvalue weighted by atomic mass is 32.2. The van der Waals surface area contributed by atoms with E-state index in [-0.39, 0.29) is 24.3 Å². The molecule has 1 aromatic rings. The Balaban J connectivity index is 2.00. The van der Waals surface area contributed by atoms with Gasteiger partial charge in [-0.1, -0.05) is 30.3 Å². The quantitative estimate of drug-likeness (QED) is 0.811. The van der Waals surface area contributed by atoms with Crippen LogP contribution in [0.1, 0.15) is 12.0 Å². The molecule has 0 unspecified atom stereocenters. The van der Waals surface area contributed by atoms with Gasteiger partial charge in [-0.3, -0.25) is 4.79 Å². The van der Waals surface area contributed by atoms with Crippen molar-refractivity contribution in [2.24, 2.45) is 5.92 Å². The monoisotopic (exact) mass is 311 g/mol. The molecule has 0 bridgehead atoms. The van der Waals surface area contributed by atoms with Gasteiger partial charge in [-0.2, -0.15) is 0 Å². The molecule has 21 heavy (non-hydrogen) atoms. The van der Waals surface area contributed by atoms with Crippen LogP contribution in [0, 0.1) is 5.92 Å². The summed E-state index contributed by atoms with van der Waals surface area (Å²) in [6, 6.07) is 7.91. The Labute approximate surface area is 123 Å². The molecule has 114 valence electrons. The molecule has 0 saturated carbocycles. The van der Waals surface area contributed by atoms with Gasteiger partial charge >= 0.3 is 5.97 Å². The van der Waals surface area contributed by atoms with Crippen LogP contribution in [0.2, 0.25) is 0 Å². The van der Waals surface area contributed by atoms with Gasteiger partial charge in [0.05, 0.1) is 17.4 Å². The van der Waals surface area contributed by atoms with Crippen LogP contribution in [-0.2, 0) is 25.8 Å². The van der Waals surface area contributed by atoms with E-state index >= 15 is 0 Å². The topological polar surface area (TPSA) is 101 Å². The van der Waals surface area contributed by atoms with Crippen molar-refractivity contribution in [1.82, 2.24) is 5.32 Å². The first-order chi connectivity index (χ1) is 9.87. The fraction of sp³-hybridized carbons (Fsp3) is 0.429. The van der Waals surface area contributed by atoms with Crippen LogP contribution in [0.5, 0.6) is 0 Å². The summed E-state index contributed by atoms with van der Waals surface area (Å²) in [5.41, 5.74) is 0.796. The highest BCUT2D eigenvalue weighted by molar-refractivity contribution is 7.91. The summed E-state index contributed by atoms with van der Waals surface area (Å²) in [6.07, 6.45) is 0.424. The molecular formula is C14H17NO5S. The number of aliphatic carboxylic acids is 1. The summed E-state index contributed by atoms with van der Waals surface area (Å²) in [5, 5.41) is 11.6. The first-order valence-electron chi connectivity index (χ1n) is 6.65. The molecule has 1 aliphatic heterocycles. The number of carboxylic acids is 1. The standard InChI is InChI=1S/C14H17NO5S/c16-13(11-6-7-21(19,20)9-11)15-12(14(17)18)8-10-4-2-1-3-5-10/h1-5,11-12H,6-9H2,(H,15,16)(H,17,18)/t11-,12-/m1/s1. The third kappa shape index (κ3) is 4.29. The normalized spacial score (nSPS) is 21.6. The molecule has 0 aliphatic carbocycles. The van der Waals surface area contributed by atoms with Crippen LogP contribution >= 0.6 is 0 Å². The number of nitrogens with one attached hydrogen (secondary N) is 1. The molecule has 1 aliphatic rings. The van der Waals surface area contributed by atoms with Crippen LogP contribution < -0.4 is 5.32 Å². The van der Waals surface area contributed by atoms with Crippen LogP contribution in [-0.4, -0.2) is 42.9 Å². The van der Waals surface area contributed by atoms with Crippen LogP contribution in [0.25, 0.3) is 0 Å².